The van der Waals surface area contributed by atoms with Gasteiger partial charge in [0.05, 0.1) is 0 Å². The summed E-state index contributed by atoms with van der Waals surface area (Å²) >= 11 is 0. The summed E-state index contributed by atoms with van der Waals surface area (Å²) in [6, 6.07) is 0.490. The van der Waals surface area contributed by atoms with Gasteiger partial charge in [-0.2, -0.15) is 0 Å². The summed E-state index contributed by atoms with van der Waals surface area (Å²) in [7, 11) is 0. The van der Waals surface area contributed by atoms with Gasteiger partial charge in [0.15, 0.2) is 0 Å². The third-order valence-corrected chi connectivity index (χ3v) is 5.67. The van der Waals surface area contributed by atoms with E-state index in [1.807, 2.05) is 0 Å². The molecule has 0 amide bonds. The van der Waals surface area contributed by atoms with Gasteiger partial charge in [0.25, 0.3) is 0 Å². The van der Waals surface area contributed by atoms with Crippen LogP contribution < -0.4 is 11.1 Å². The fourth-order valence-corrected chi connectivity index (χ4v) is 5.26. The maximum Gasteiger partial charge on any atom is 0.0161 e. The number of nitrogens with one attached hydrogen (secondary N) is 1. The largest absolute Gasteiger partial charge is 0.329 e. The molecule has 0 saturated heterocycles. The molecule has 17 heavy (non-hydrogen) atoms. The molecule has 2 heteroatoms. The van der Waals surface area contributed by atoms with Crippen LogP contribution in [0.2, 0.25) is 0 Å². The fourth-order valence-electron chi connectivity index (χ4n) is 5.26. The van der Waals surface area contributed by atoms with Gasteiger partial charge in [-0.15, -0.1) is 0 Å². The molecule has 0 spiro atoms. The molecule has 4 bridgehead atoms. The van der Waals surface area contributed by atoms with E-state index in [9.17, 15) is 0 Å². The predicted molar refractivity (Wildman–Crippen MR) is 71.7 cm³/mol. The second kappa shape index (κ2) is 4.55. The van der Waals surface area contributed by atoms with Crippen molar-refractivity contribution in [2.75, 3.05) is 13.1 Å². The third-order valence-electron chi connectivity index (χ3n) is 5.67. The van der Waals surface area contributed by atoms with E-state index >= 15 is 0 Å². The molecule has 0 aromatic heterocycles. The molecule has 98 valence electrons. The molecule has 0 heterocycles. The summed E-state index contributed by atoms with van der Waals surface area (Å²) < 4.78 is 0. The Bertz CT molecular complexity index is 239. The molecular weight excluding hydrogens is 208 g/mol. The minimum Gasteiger partial charge on any atom is -0.329 e. The first-order valence-electron chi connectivity index (χ1n) is 7.62. The molecule has 0 aromatic carbocycles. The Morgan fingerprint density at radius 1 is 1.12 bits per heavy atom. The maximum absolute atomic E-state index is 5.66. The summed E-state index contributed by atoms with van der Waals surface area (Å²) in [5.74, 6) is 3.27. The Morgan fingerprint density at radius 3 is 2.12 bits per heavy atom. The van der Waals surface area contributed by atoms with Crippen molar-refractivity contribution in [3.05, 3.63) is 0 Å². The average Bonchev–Trinajstić information content (AvgIpc) is 2.26. The second-order valence-corrected chi connectivity index (χ2v) is 7.26. The minimum absolute atomic E-state index is 0.490. The first-order chi connectivity index (χ1) is 8.19. The van der Waals surface area contributed by atoms with Crippen LogP contribution in [0, 0.1) is 23.2 Å². The lowest BCUT2D eigenvalue weighted by atomic mass is 9.49. The van der Waals surface area contributed by atoms with Crippen molar-refractivity contribution in [2.45, 2.75) is 57.9 Å². The van der Waals surface area contributed by atoms with E-state index in [-0.39, 0.29) is 0 Å². The van der Waals surface area contributed by atoms with Crippen LogP contribution in [0.15, 0.2) is 0 Å². The van der Waals surface area contributed by atoms with Crippen molar-refractivity contribution in [1.29, 1.82) is 0 Å². The summed E-state index contributed by atoms with van der Waals surface area (Å²) in [5, 5.41) is 3.58. The Morgan fingerprint density at radius 2 is 1.65 bits per heavy atom. The third kappa shape index (κ3) is 2.39. The van der Waals surface area contributed by atoms with Crippen molar-refractivity contribution in [2.24, 2.45) is 28.9 Å². The highest BCUT2D eigenvalue weighted by Crippen LogP contribution is 2.61. The highest BCUT2D eigenvalue weighted by molar-refractivity contribution is 5.01. The molecule has 1 atom stereocenters. The van der Waals surface area contributed by atoms with Crippen molar-refractivity contribution in [3.8, 4) is 0 Å². The van der Waals surface area contributed by atoms with E-state index < -0.39 is 0 Å². The fraction of sp³-hybridized carbons (Fsp3) is 1.00. The van der Waals surface area contributed by atoms with Crippen molar-refractivity contribution in [1.82, 2.24) is 5.32 Å². The lowest BCUT2D eigenvalue weighted by Gasteiger charge is -2.57. The van der Waals surface area contributed by atoms with Crippen LogP contribution in [-0.2, 0) is 0 Å². The Balaban J connectivity index is 1.55. The number of hydrogen-bond acceptors (Lipinski definition) is 2. The normalized spacial score (nSPS) is 45.2. The number of hydrogen-bond donors (Lipinski definition) is 2. The highest BCUT2D eigenvalue weighted by Gasteiger charge is 2.50. The maximum atomic E-state index is 5.66. The molecule has 4 rings (SSSR count). The van der Waals surface area contributed by atoms with E-state index in [4.69, 9.17) is 5.73 Å². The van der Waals surface area contributed by atoms with E-state index in [2.05, 4.69) is 12.2 Å². The average molecular weight is 236 g/mol. The van der Waals surface area contributed by atoms with Gasteiger partial charge in [-0.1, -0.05) is 0 Å². The molecule has 4 aliphatic carbocycles. The number of nitrogens with two attached hydrogens (primary N) is 1. The Labute approximate surface area is 106 Å². The summed E-state index contributed by atoms with van der Waals surface area (Å²) in [6.45, 7) is 4.14. The van der Waals surface area contributed by atoms with Gasteiger partial charge in [-0.3, -0.25) is 0 Å². The van der Waals surface area contributed by atoms with Crippen LogP contribution in [0.1, 0.15) is 51.9 Å². The highest BCUT2D eigenvalue weighted by atomic mass is 14.9. The lowest BCUT2D eigenvalue weighted by Crippen LogP contribution is -2.47. The molecule has 0 aromatic rings. The number of rotatable bonds is 5. The zero-order valence-electron chi connectivity index (χ0n) is 11.3. The standard InChI is InChI=1S/C15H28N2/c1-11(10-16)17-3-2-15-7-12-4-13(8-15)6-14(5-12)9-15/h11-14,17H,2-10,16H2,1H3. The zero-order chi connectivity index (χ0) is 11.9. The van der Waals surface area contributed by atoms with Gasteiger partial charge in [-0.25, -0.2) is 0 Å². The van der Waals surface area contributed by atoms with Crippen LogP contribution in [0.25, 0.3) is 0 Å². The molecule has 4 fully saturated rings. The van der Waals surface area contributed by atoms with Gasteiger partial charge in [0.1, 0.15) is 0 Å². The van der Waals surface area contributed by atoms with E-state index in [0.29, 0.717) is 6.04 Å². The van der Waals surface area contributed by atoms with Crippen LogP contribution >= 0.6 is 0 Å². The van der Waals surface area contributed by atoms with Crippen molar-refractivity contribution in [3.63, 3.8) is 0 Å². The Hall–Kier alpha value is -0.0800. The molecule has 4 aliphatic rings. The minimum atomic E-state index is 0.490. The SMILES string of the molecule is CC(CN)NCCC12CC3CC(CC(C3)C1)C2. The molecule has 4 saturated carbocycles. The lowest BCUT2D eigenvalue weighted by molar-refractivity contribution is -0.0569. The molecule has 0 aliphatic heterocycles. The van der Waals surface area contributed by atoms with Crippen molar-refractivity contribution < 1.29 is 0 Å². The van der Waals surface area contributed by atoms with Gasteiger partial charge in [0, 0.05) is 12.6 Å². The zero-order valence-corrected chi connectivity index (χ0v) is 11.3. The molecular formula is C15H28N2. The summed E-state index contributed by atoms with van der Waals surface area (Å²) in [5.41, 5.74) is 6.39. The van der Waals surface area contributed by atoms with Gasteiger partial charge < -0.3 is 11.1 Å². The topological polar surface area (TPSA) is 38.0 Å². The molecule has 2 nitrogen and oxygen atoms in total. The second-order valence-electron chi connectivity index (χ2n) is 7.26. The van der Waals surface area contributed by atoms with Crippen molar-refractivity contribution >= 4 is 0 Å². The smallest absolute Gasteiger partial charge is 0.0161 e. The molecule has 1 unspecified atom stereocenters. The van der Waals surface area contributed by atoms with E-state index in [1.165, 1.54) is 13.0 Å². The van der Waals surface area contributed by atoms with Crippen LogP contribution in [-0.4, -0.2) is 19.1 Å². The van der Waals surface area contributed by atoms with Crippen LogP contribution in [0.4, 0.5) is 0 Å². The molecule has 0 radical (unpaired) electrons. The quantitative estimate of drug-likeness (QED) is 0.770. The first-order valence-corrected chi connectivity index (χ1v) is 7.62. The molecule has 3 N–H and O–H groups in total. The van der Waals surface area contributed by atoms with E-state index in [0.717, 1.165) is 29.7 Å². The van der Waals surface area contributed by atoms with Crippen LogP contribution in [0.3, 0.4) is 0 Å². The van der Waals surface area contributed by atoms with Gasteiger partial charge >= 0.3 is 0 Å². The van der Waals surface area contributed by atoms with Crippen LogP contribution in [0.5, 0.6) is 0 Å². The van der Waals surface area contributed by atoms with Gasteiger partial charge in [0.2, 0.25) is 0 Å². The Kier molecular flexibility index (Phi) is 3.20. The predicted octanol–water partition coefficient (Wildman–Crippen LogP) is 2.53. The summed E-state index contributed by atoms with van der Waals surface area (Å²) in [6.07, 6.45) is 10.7. The van der Waals surface area contributed by atoms with E-state index in [1.54, 1.807) is 38.5 Å². The summed E-state index contributed by atoms with van der Waals surface area (Å²) in [4.78, 5) is 0. The van der Waals surface area contributed by atoms with Gasteiger partial charge in [-0.05, 0) is 81.6 Å². The monoisotopic (exact) mass is 236 g/mol. The first kappa shape index (κ1) is 12.0.